The molecular formula is C17H20N4O2S. The quantitative estimate of drug-likeness (QED) is 0.719. The van der Waals surface area contributed by atoms with Gasteiger partial charge in [-0.2, -0.15) is 0 Å². The van der Waals surface area contributed by atoms with Crippen LogP contribution in [0.4, 0.5) is 10.8 Å². The first kappa shape index (κ1) is 16.6. The molecule has 1 fully saturated rings. The van der Waals surface area contributed by atoms with Crippen molar-refractivity contribution in [2.45, 2.75) is 25.7 Å². The summed E-state index contributed by atoms with van der Waals surface area (Å²) < 4.78 is 0. The molecule has 7 heteroatoms. The number of carbonyl (C=O) groups excluding carboxylic acids is 2. The highest BCUT2D eigenvalue weighted by molar-refractivity contribution is 7.14. The second kappa shape index (κ2) is 7.55. The molecule has 1 aromatic carbocycles. The fourth-order valence-corrected chi connectivity index (χ4v) is 3.02. The number of amides is 2. The Morgan fingerprint density at radius 3 is 2.79 bits per heavy atom. The van der Waals surface area contributed by atoms with E-state index in [-0.39, 0.29) is 17.7 Å². The molecule has 6 nitrogen and oxygen atoms in total. The van der Waals surface area contributed by atoms with E-state index in [4.69, 9.17) is 5.73 Å². The summed E-state index contributed by atoms with van der Waals surface area (Å²) in [6.07, 6.45) is 2.97. The molecule has 1 aliphatic carbocycles. The van der Waals surface area contributed by atoms with E-state index in [1.54, 1.807) is 0 Å². The third-order valence-corrected chi connectivity index (χ3v) is 4.53. The molecule has 0 atom stereocenters. The minimum Gasteiger partial charge on any atom is -0.330 e. The molecule has 1 aromatic heterocycles. The number of nitrogens with two attached hydrogens (primary N) is 1. The normalized spacial score (nSPS) is 13.5. The zero-order valence-electron chi connectivity index (χ0n) is 13.2. The number of anilines is 2. The fraction of sp³-hybridized carbons (Fsp3) is 0.353. The van der Waals surface area contributed by atoms with Gasteiger partial charge < -0.3 is 16.4 Å². The average Bonchev–Trinajstić information content (AvgIpc) is 3.34. The molecule has 0 bridgehead atoms. The van der Waals surface area contributed by atoms with Gasteiger partial charge in [-0.25, -0.2) is 4.98 Å². The highest BCUT2D eigenvalue weighted by atomic mass is 32.1. The summed E-state index contributed by atoms with van der Waals surface area (Å²) in [5, 5.41) is 8.18. The van der Waals surface area contributed by atoms with Crippen LogP contribution in [-0.2, 0) is 9.59 Å². The highest BCUT2D eigenvalue weighted by Gasteiger charge is 2.30. The lowest BCUT2D eigenvalue weighted by Crippen LogP contribution is -2.14. The van der Waals surface area contributed by atoms with E-state index in [1.165, 1.54) is 11.3 Å². The van der Waals surface area contributed by atoms with Crippen LogP contribution in [-0.4, -0.2) is 23.3 Å². The Balaban J connectivity index is 1.72. The molecule has 0 radical (unpaired) electrons. The molecule has 2 aromatic rings. The number of hydrogen-bond acceptors (Lipinski definition) is 5. The van der Waals surface area contributed by atoms with Crippen LogP contribution in [0.3, 0.4) is 0 Å². The molecular weight excluding hydrogens is 324 g/mol. The number of thiazole rings is 1. The van der Waals surface area contributed by atoms with Gasteiger partial charge in [0, 0.05) is 23.3 Å². The summed E-state index contributed by atoms with van der Waals surface area (Å²) in [7, 11) is 0. The van der Waals surface area contributed by atoms with E-state index in [0.717, 1.165) is 29.8 Å². The first-order valence-corrected chi connectivity index (χ1v) is 8.91. The number of aromatic nitrogens is 1. The van der Waals surface area contributed by atoms with Crippen LogP contribution in [0.15, 0.2) is 29.6 Å². The molecule has 0 spiro atoms. The van der Waals surface area contributed by atoms with Crippen molar-refractivity contribution in [1.82, 2.24) is 4.98 Å². The van der Waals surface area contributed by atoms with Crippen LogP contribution in [0.2, 0.25) is 0 Å². The Labute approximate surface area is 144 Å². The number of rotatable bonds is 7. The third-order valence-electron chi connectivity index (χ3n) is 3.77. The van der Waals surface area contributed by atoms with Crippen molar-refractivity contribution < 1.29 is 9.59 Å². The van der Waals surface area contributed by atoms with Crippen molar-refractivity contribution in [1.29, 1.82) is 0 Å². The summed E-state index contributed by atoms with van der Waals surface area (Å²) >= 11 is 1.37. The van der Waals surface area contributed by atoms with Gasteiger partial charge in [0.05, 0.1) is 11.4 Å². The molecule has 0 saturated heterocycles. The van der Waals surface area contributed by atoms with Gasteiger partial charge in [-0.3, -0.25) is 9.59 Å². The molecule has 0 unspecified atom stereocenters. The Bertz CT molecular complexity index is 740. The lowest BCUT2D eigenvalue weighted by Gasteiger charge is -2.09. The first-order valence-electron chi connectivity index (χ1n) is 8.03. The fourth-order valence-electron chi connectivity index (χ4n) is 2.30. The summed E-state index contributed by atoms with van der Waals surface area (Å²) in [6.45, 7) is 0.491. The van der Waals surface area contributed by atoms with Gasteiger partial charge in [-0.05, 0) is 31.9 Å². The SMILES string of the molecule is NCCCC(=O)Nc1nc(-c2ccccc2NC(=O)C2CC2)cs1. The first-order chi connectivity index (χ1) is 11.7. The molecule has 3 rings (SSSR count). The van der Waals surface area contributed by atoms with Crippen LogP contribution in [0.5, 0.6) is 0 Å². The Hall–Kier alpha value is -2.25. The van der Waals surface area contributed by atoms with Crippen LogP contribution in [0.1, 0.15) is 25.7 Å². The number of nitrogens with one attached hydrogen (secondary N) is 2. The maximum atomic E-state index is 12.0. The summed E-state index contributed by atoms with van der Waals surface area (Å²) in [5.74, 6) is 0.121. The minimum atomic E-state index is -0.0864. The van der Waals surface area contributed by atoms with Crippen molar-refractivity contribution in [3.05, 3.63) is 29.6 Å². The van der Waals surface area contributed by atoms with Gasteiger partial charge >= 0.3 is 0 Å². The van der Waals surface area contributed by atoms with Crippen LogP contribution in [0, 0.1) is 5.92 Å². The van der Waals surface area contributed by atoms with Crippen LogP contribution >= 0.6 is 11.3 Å². The maximum Gasteiger partial charge on any atom is 0.227 e. The van der Waals surface area contributed by atoms with Crippen molar-refractivity contribution in [2.75, 3.05) is 17.2 Å². The maximum absolute atomic E-state index is 12.0. The Morgan fingerprint density at radius 1 is 1.25 bits per heavy atom. The number of nitrogens with zero attached hydrogens (tertiary/aromatic N) is 1. The van der Waals surface area contributed by atoms with Gasteiger partial charge in [0.25, 0.3) is 0 Å². The predicted octanol–water partition coefficient (Wildman–Crippen LogP) is 2.84. The number of benzene rings is 1. The number of carbonyl (C=O) groups is 2. The number of para-hydroxylation sites is 1. The van der Waals surface area contributed by atoms with Crippen LogP contribution in [0.25, 0.3) is 11.3 Å². The van der Waals surface area contributed by atoms with Crippen molar-refractivity contribution in [2.24, 2.45) is 11.7 Å². The van der Waals surface area contributed by atoms with Crippen molar-refractivity contribution >= 4 is 34.0 Å². The van der Waals surface area contributed by atoms with Crippen molar-refractivity contribution in [3.63, 3.8) is 0 Å². The summed E-state index contributed by atoms with van der Waals surface area (Å²) in [5.41, 5.74) is 7.74. The second-order valence-corrected chi connectivity index (χ2v) is 6.65. The zero-order chi connectivity index (χ0) is 16.9. The van der Waals surface area contributed by atoms with E-state index >= 15 is 0 Å². The predicted molar refractivity (Wildman–Crippen MR) is 95.8 cm³/mol. The molecule has 126 valence electrons. The average molecular weight is 344 g/mol. The second-order valence-electron chi connectivity index (χ2n) is 5.79. The minimum absolute atomic E-state index is 0.0630. The third kappa shape index (κ3) is 4.18. The lowest BCUT2D eigenvalue weighted by atomic mass is 10.1. The molecule has 1 aliphatic rings. The molecule has 24 heavy (non-hydrogen) atoms. The highest BCUT2D eigenvalue weighted by Crippen LogP contribution is 2.34. The molecule has 4 N–H and O–H groups in total. The Morgan fingerprint density at radius 2 is 2.04 bits per heavy atom. The standard InChI is InChI=1S/C17H20N4O2S/c18-9-3-6-15(22)21-17-20-14(10-24-17)12-4-1-2-5-13(12)19-16(23)11-7-8-11/h1-2,4-5,10-11H,3,6-9,18H2,(H,19,23)(H,20,21,22). The van der Waals surface area contributed by atoms with Gasteiger partial charge in [0.2, 0.25) is 11.8 Å². The largest absolute Gasteiger partial charge is 0.330 e. The van der Waals surface area contributed by atoms with Crippen molar-refractivity contribution in [3.8, 4) is 11.3 Å². The van der Waals surface area contributed by atoms with Gasteiger partial charge in [-0.15, -0.1) is 11.3 Å². The Kier molecular flexibility index (Phi) is 5.22. The topological polar surface area (TPSA) is 97.1 Å². The van der Waals surface area contributed by atoms with E-state index in [2.05, 4.69) is 15.6 Å². The molecule has 1 saturated carbocycles. The van der Waals surface area contributed by atoms with Gasteiger partial charge in [0.1, 0.15) is 0 Å². The van der Waals surface area contributed by atoms with E-state index in [0.29, 0.717) is 24.5 Å². The molecule has 1 heterocycles. The van der Waals surface area contributed by atoms with Gasteiger partial charge in [0.15, 0.2) is 5.13 Å². The van der Waals surface area contributed by atoms with E-state index in [9.17, 15) is 9.59 Å². The lowest BCUT2D eigenvalue weighted by molar-refractivity contribution is -0.117. The molecule has 0 aliphatic heterocycles. The summed E-state index contributed by atoms with van der Waals surface area (Å²) in [6, 6.07) is 7.57. The van der Waals surface area contributed by atoms with Crippen LogP contribution < -0.4 is 16.4 Å². The zero-order valence-corrected chi connectivity index (χ0v) is 14.1. The van der Waals surface area contributed by atoms with E-state index in [1.807, 2.05) is 29.6 Å². The molecule has 2 amide bonds. The van der Waals surface area contributed by atoms with E-state index < -0.39 is 0 Å². The van der Waals surface area contributed by atoms with Gasteiger partial charge in [-0.1, -0.05) is 18.2 Å². The number of hydrogen-bond donors (Lipinski definition) is 3. The smallest absolute Gasteiger partial charge is 0.227 e. The monoisotopic (exact) mass is 344 g/mol. The summed E-state index contributed by atoms with van der Waals surface area (Å²) in [4.78, 5) is 28.2.